The van der Waals surface area contributed by atoms with Gasteiger partial charge >= 0.3 is 0 Å². The zero-order valence-electron chi connectivity index (χ0n) is 9.32. The lowest BCUT2D eigenvalue weighted by atomic mass is 10.1. The van der Waals surface area contributed by atoms with Crippen LogP contribution in [0.5, 0.6) is 5.75 Å². The molecule has 0 radical (unpaired) electrons. The normalized spacial score (nSPS) is 17.6. The molecular formula is C13H15NO2. The molecule has 1 aromatic carbocycles. The number of benzene rings is 1. The monoisotopic (exact) mass is 217 g/mol. The van der Waals surface area contributed by atoms with Crippen molar-refractivity contribution in [3.8, 4) is 5.75 Å². The van der Waals surface area contributed by atoms with Crippen molar-refractivity contribution < 1.29 is 9.53 Å². The minimum atomic E-state index is 0.0499. The molecule has 3 nitrogen and oxygen atoms in total. The lowest BCUT2D eigenvalue weighted by Gasteiger charge is -2.02. The number of nitrogens with one attached hydrogen (secondary N) is 1. The summed E-state index contributed by atoms with van der Waals surface area (Å²) in [5.74, 6) is 0.911. The maximum Gasteiger partial charge on any atom is 0.247 e. The second-order valence-corrected chi connectivity index (χ2v) is 3.68. The first kappa shape index (κ1) is 10.7. The fraction of sp³-hybridized carbons (Fsp3) is 0.308. The smallest absolute Gasteiger partial charge is 0.247 e. The zero-order valence-corrected chi connectivity index (χ0v) is 9.32. The summed E-state index contributed by atoms with van der Waals surface area (Å²) in [7, 11) is 0. The third kappa shape index (κ3) is 2.42. The van der Waals surface area contributed by atoms with E-state index in [1.54, 1.807) is 0 Å². The Kier molecular flexibility index (Phi) is 3.25. The van der Waals surface area contributed by atoms with E-state index in [1.165, 1.54) is 0 Å². The molecule has 3 heteroatoms. The van der Waals surface area contributed by atoms with Gasteiger partial charge in [0.05, 0.1) is 6.61 Å². The zero-order chi connectivity index (χ0) is 11.4. The van der Waals surface area contributed by atoms with E-state index in [2.05, 4.69) is 5.32 Å². The van der Waals surface area contributed by atoms with E-state index in [9.17, 15) is 4.79 Å². The highest BCUT2D eigenvalue weighted by Gasteiger charge is 2.15. The maximum atomic E-state index is 11.3. The van der Waals surface area contributed by atoms with Crippen LogP contribution >= 0.6 is 0 Å². The van der Waals surface area contributed by atoms with E-state index in [0.717, 1.165) is 29.9 Å². The Morgan fingerprint density at radius 1 is 1.38 bits per heavy atom. The second-order valence-electron chi connectivity index (χ2n) is 3.68. The predicted octanol–water partition coefficient (Wildman–Crippen LogP) is 1.99. The Labute approximate surface area is 95.1 Å². The minimum Gasteiger partial charge on any atom is -0.494 e. The van der Waals surface area contributed by atoms with Crippen LogP contribution in [0.1, 0.15) is 18.9 Å². The lowest BCUT2D eigenvalue weighted by Crippen LogP contribution is -2.13. The van der Waals surface area contributed by atoms with E-state index in [0.29, 0.717) is 6.61 Å². The molecule has 0 atom stereocenters. The van der Waals surface area contributed by atoms with Crippen LogP contribution in [0.25, 0.3) is 6.08 Å². The predicted molar refractivity (Wildman–Crippen MR) is 63.2 cm³/mol. The van der Waals surface area contributed by atoms with Crippen molar-refractivity contribution in [3.63, 3.8) is 0 Å². The average molecular weight is 217 g/mol. The van der Waals surface area contributed by atoms with Crippen molar-refractivity contribution >= 4 is 12.0 Å². The number of carbonyl (C=O) groups excluding carboxylic acids is 1. The van der Waals surface area contributed by atoms with Gasteiger partial charge in [-0.05, 0) is 37.1 Å². The van der Waals surface area contributed by atoms with Gasteiger partial charge in [-0.3, -0.25) is 4.79 Å². The van der Waals surface area contributed by atoms with Crippen LogP contribution in [0.3, 0.4) is 0 Å². The van der Waals surface area contributed by atoms with Crippen molar-refractivity contribution in [2.45, 2.75) is 13.3 Å². The van der Waals surface area contributed by atoms with Crippen LogP contribution < -0.4 is 10.1 Å². The van der Waals surface area contributed by atoms with Crippen molar-refractivity contribution in [1.82, 2.24) is 5.32 Å². The summed E-state index contributed by atoms with van der Waals surface area (Å²) in [6.45, 7) is 3.38. The number of amides is 1. The molecule has 1 aliphatic rings. The quantitative estimate of drug-likeness (QED) is 0.786. The van der Waals surface area contributed by atoms with Crippen LogP contribution in [-0.4, -0.2) is 19.1 Å². The number of hydrogen-bond donors (Lipinski definition) is 1. The SMILES string of the molecule is CCOc1ccc(C=C2CCNC2=O)cc1. The summed E-state index contributed by atoms with van der Waals surface area (Å²) in [6, 6.07) is 7.76. The van der Waals surface area contributed by atoms with Crippen LogP contribution in [0, 0.1) is 0 Å². The fourth-order valence-corrected chi connectivity index (χ4v) is 1.70. The Morgan fingerprint density at radius 3 is 2.69 bits per heavy atom. The second kappa shape index (κ2) is 4.84. The molecule has 0 aliphatic carbocycles. The molecule has 16 heavy (non-hydrogen) atoms. The van der Waals surface area contributed by atoms with Gasteiger partial charge in [0, 0.05) is 12.1 Å². The van der Waals surface area contributed by atoms with Gasteiger partial charge in [0.25, 0.3) is 0 Å². The largest absolute Gasteiger partial charge is 0.494 e. The van der Waals surface area contributed by atoms with Crippen molar-refractivity contribution in [1.29, 1.82) is 0 Å². The van der Waals surface area contributed by atoms with Gasteiger partial charge in [0.15, 0.2) is 0 Å². The standard InChI is InChI=1S/C13H15NO2/c1-2-16-12-5-3-10(4-6-12)9-11-7-8-14-13(11)15/h3-6,9H,2,7-8H2,1H3,(H,14,15). The molecule has 1 aromatic rings. The van der Waals surface area contributed by atoms with Crippen molar-refractivity contribution in [2.24, 2.45) is 0 Å². The topological polar surface area (TPSA) is 38.3 Å². The summed E-state index contributed by atoms with van der Waals surface area (Å²) in [4.78, 5) is 11.3. The number of carbonyl (C=O) groups is 1. The van der Waals surface area contributed by atoms with Gasteiger partial charge in [-0.2, -0.15) is 0 Å². The summed E-state index contributed by atoms with van der Waals surface area (Å²) in [5.41, 5.74) is 1.89. The average Bonchev–Trinajstić information content (AvgIpc) is 2.68. The van der Waals surface area contributed by atoms with Gasteiger partial charge in [-0.15, -0.1) is 0 Å². The highest BCUT2D eigenvalue weighted by Crippen LogP contribution is 2.17. The molecule has 0 saturated carbocycles. The molecule has 1 amide bonds. The van der Waals surface area contributed by atoms with Gasteiger partial charge in [-0.1, -0.05) is 12.1 Å². The molecule has 1 saturated heterocycles. The number of hydrogen-bond acceptors (Lipinski definition) is 2. The Bertz CT molecular complexity index is 406. The molecular weight excluding hydrogens is 202 g/mol. The molecule has 0 spiro atoms. The van der Waals surface area contributed by atoms with Crippen LogP contribution in [0.2, 0.25) is 0 Å². The molecule has 1 aliphatic heterocycles. The first-order valence-electron chi connectivity index (χ1n) is 5.51. The van der Waals surface area contributed by atoms with Crippen molar-refractivity contribution in [3.05, 3.63) is 35.4 Å². The fourth-order valence-electron chi connectivity index (χ4n) is 1.70. The Morgan fingerprint density at radius 2 is 2.12 bits per heavy atom. The van der Waals surface area contributed by atoms with Gasteiger partial charge in [0.1, 0.15) is 5.75 Å². The maximum absolute atomic E-state index is 11.3. The number of ether oxygens (including phenoxy) is 1. The summed E-state index contributed by atoms with van der Waals surface area (Å²) >= 11 is 0. The summed E-state index contributed by atoms with van der Waals surface area (Å²) < 4.78 is 5.35. The van der Waals surface area contributed by atoms with E-state index in [1.807, 2.05) is 37.3 Å². The summed E-state index contributed by atoms with van der Waals surface area (Å²) in [6.07, 6.45) is 2.74. The van der Waals surface area contributed by atoms with Gasteiger partial charge < -0.3 is 10.1 Å². The van der Waals surface area contributed by atoms with Crippen molar-refractivity contribution in [2.75, 3.05) is 13.2 Å². The molecule has 2 rings (SSSR count). The molecule has 0 aromatic heterocycles. The molecule has 1 heterocycles. The molecule has 1 N–H and O–H groups in total. The van der Waals surface area contributed by atoms with E-state index in [-0.39, 0.29) is 5.91 Å². The first-order valence-corrected chi connectivity index (χ1v) is 5.51. The third-order valence-corrected chi connectivity index (χ3v) is 2.50. The molecule has 84 valence electrons. The van der Waals surface area contributed by atoms with Gasteiger partial charge in [0.2, 0.25) is 5.91 Å². The lowest BCUT2D eigenvalue weighted by molar-refractivity contribution is -0.116. The molecule has 0 bridgehead atoms. The van der Waals surface area contributed by atoms with Crippen LogP contribution in [0.15, 0.2) is 29.8 Å². The van der Waals surface area contributed by atoms with Gasteiger partial charge in [-0.25, -0.2) is 0 Å². The third-order valence-electron chi connectivity index (χ3n) is 2.50. The van der Waals surface area contributed by atoms with Crippen LogP contribution in [-0.2, 0) is 4.79 Å². The highest BCUT2D eigenvalue weighted by molar-refractivity contribution is 5.99. The summed E-state index contributed by atoms with van der Waals surface area (Å²) in [5, 5.41) is 2.79. The first-order chi connectivity index (χ1) is 7.79. The number of rotatable bonds is 3. The Hall–Kier alpha value is -1.77. The van der Waals surface area contributed by atoms with E-state index >= 15 is 0 Å². The Balaban J connectivity index is 2.13. The van der Waals surface area contributed by atoms with E-state index in [4.69, 9.17) is 4.74 Å². The molecule has 1 fully saturated rings. The van der Waals surface area contributed by atoms with E-state index < -0.39 is 0 Å². The highest BCUT2D eigenvalue weighted by atomic mass is 16.5. The van der Waals surface area contributed by atoms with Crippen LogP contribution in [0.4, 0.5) is 0 Å². The minimum absolute atomic E-state index is 0.0499. The molecule has 0 unspecified atom stereocenters.